The van der Waals surface area contributed by atoms with E-state index in [1.165, 1.54) is 0 Å². The average Bonchev–Trinajstić information content (AvgIpc) is 3.00. The van der Waals surface area contributed by atoms with E-state index in [0.29, 0.717) is 25.4 Å². The second kappa shape index (κ2) is 5.56. The highest BCUT2D eigenvalue weighted by Gasteiger charge is 2.74. The molecule has 1 saturated heterocycles. The molecule has 0 amide bonds. The third-order valence-electron chi connectivity index (χ3n) is 6.22. The fourth-order valence-electron chi connectivity index (χ4n) is 4.66. The Balaban J connectivity index is 2.13. The van der Waals surface area contributed by atoms with E-state index in [-0.39, 0.29) is 11.7 Å². The lowest BCUT2D eigenvalue weighted by Gasteiger charge is -2.62. The number of carbonyl (C=O) groups is 1. The van der Waals surface area contributed by atoms with Gasteiger partial charge in [0.25, 0.3) is 0 Å². The number of rotatable bonds is 5. The molecule has 4 rings (SSSR count). The lowest BCUT2D eigenvalue weighted by Crippen LogP contribution is -2.76. The van der Waals surface area contributed by atoms with Gasteiger partial charge >= 0.3 is 0 Å². The van der Waals surface area contributed by atoms with Crippen molar-refractivity contribution in [2.75, 3.05) is 39.4 Å². The summed E-state index contributed by atoms with van der Waals surface area (Å²) in [6, 6.07) is 0. The molecule has 0 N–H and O–H groups in total. The molecular formula is C17H26O5S. The maximum absolute atomic E-state index is 13.6. The Labute approximate surface area is 142 Å². The van der Waals surface area contributed by atoms with Crippen LogP contribution in [0, 0.1) is 11.3 Å². The van der Waals surface area contributed by atoms with E-state index in [4.69, 9.17) is 18.9 Å². The number of ether oxygens (including phenoxy) is 4. The minimum Gasteiger partial charge on any atom is -0.369 e. The summed E-state index contributed by atoms with van der Waals surface area (Å²) in [5, 5.41) is 0. The fourth-order valence-corrected chi connectivity index (χ4v) is 5.55. The van der Waals surface area contributed by atoms with Crippen molar-refractivity contribution in [3.8, 4) is 0 Å². The van der Waals surface area contributed by atoms with Gasteiger partial charge in [-0.25, -0.2) is 0 Å². The molecule has 0 aromatic carbocycles. The van der Waals surface area contributed by atoms with E-state index in [9.17, 15) is 4.79 Å². The third-order valence-corrected chi connectivity index (χ3v) is 6.93. The molecule has 0 aromatic heterocycles. The Morgan fingerprint density at radius 1 is 1.26 bits per heavy atom. The molecule has 5 nitrogen and oxygen atoms in total. The molecule has 1 saturated carbocycles. The average molecular weight is 342 g/mol. The van der Waals surface area contributed by atoms with Crippen molar-refractivity contribution in [2.45, 2.75) is 37.3 Å². The van der Waals surface area contributed by atoms with Crippen LogP contribution in [0.2, 0.25) is 0 Å². The van der Waals surface area contributed by atoms with Gasteiger partial charge in [0.1, 0.15) is 5.60 Å². The molecule has 2 fully saturated rings. The van der Waals surface area contributed by atoms with Crippen LogP contribution in [-0.4, -0.2) is 62.2 Å². The van der Waals surface area contributed by atoms with E-state index in [1.807, 2.05) is 26.2 Å². The van der Waals surface area contributed by atoms with Crippen LogP contribution in [0.5, 0.6) is 0 Å². The summed E-state index contributed by atoms with van der Waals surface area (Å²) in [5.41, 5.74) is -2.56. The van der Waals surface area contributed by atoms with Gasteiger partial charge in [-0.1, -0.05) is 13.0 Å². The number of carbonyl (C=O) groups excluding carboxylic acids is 1. The number of Topliss-reactive ketones (excluding diaryl/α,β-unsaturated/α-hetero) is 1. The van der Waals surface area contributed by atoms with E-state index < -0.39 is 22.4 Å². The van der Waals surface area contributed by atoms with Gasteiger partial charge < -0.3 is 18.9 Å². The highest BCUT2D eigenvalue weighted by molar-refractivity contribution is 7.98. The summed E-state index contributed by atoms with van der Waals surface area (Å²) in [6.07, 6.45) is 6.68. The summed E-state index contributed by atoms with van der Waals surface area (Å²) < 4.78 is 23.6. The van der Waals surface area contributed by atoms with Crippen molar-refractivity contribution >= 4 is 17.5 Å². The quantitative estimate of drug-likeness (QED) is 0.713. The molecule has 4 atom stereocenters. The minimum atomic E-state index is -1.10. The first kappa shape index (κ1) is 17.4. The summed E-state index contributed by atoms with van der Waals surface area (Å²) in [6.45, 7) is 5.03. The van der Waals surface area contributed by atoms with Crippen LogP contribution in [0.1, 0.15) is 20.3 Å². The van der Waals surface area contributed by atoms with Crippen molar-refractivity contribution in [3.63, 3.8) is 0 Å². The Bertz CT molecular complexity index is 529. The Kier molecular flexibility index (Phi) is 4.21. The summed E-state index contributed by atoms with van der Waals surface area (Å²) >= 11 is 1.62. The fraction of sp³-hybridized carbons (Fsp3) is 0.824. The molecular weight excluding hydrogens is 316 g/mol. The number of hydrogen-bond acceptors (Lipinski definition) is 6. The van der Waals surface area contributed by atoms with Gasteiger partial charge in [0.15, 0.2) is 11.4 Å². The van der Waals surface area contributed by atoms with Gasteiger partial charge in [-0.15, -0.1) is 0 Å². The van der Waals surface area contributed by atoms with E-state index in [0.717, 1.165) is 0 Å². The van der Waals surface area contributed by atoms with Gasteiger partial charge in [-0.2, -0.15) is 11.8 Å². The van der Waals surface area contributed by atoms with Crippen LogP contribution >= 0.6 is 11.8 Å². The third kappa shape index (κ3) is 1.93. The van der Waals surface area contributed by atoms with Gasteiger partial charge in [0.05, 0.1) is 18.6 Å². The first-order valence-electron chi connectivity index (χ1n) is 7.97. The molecule has 23 heavy (non-hydrogen) atoms. The predicted molar refractivity (Wildman–Crippen MR) is 88.5 cm³/mol. The zero-order chi connectivity index (χ0) is 16.9. The normalized spacial score (nSPS) is 44.9. The predicted octanol–water partition coefficient (Wildman–Crippen LogP) is 2.05. The van der Waals surface area contributed by atoms with Gasteiger partial charge in [0.2, 0.25) is 5.78 Å². The highest BCUT2D eigenvalue weighted by atomic mass is 32.2. The first-order chi connectivity index (χ1) is 10.9. The monoisotopic (exact) mass is 342 g/mol. The number of thioether (sulfide) groups is 1. The maximum Gasteiger partial charge on any atom is 0.202 e. The van der Waals surface area contributed by atoms with Crippen LogP contribution in [0.15, 0.2) is 12.2 Å². The molecule has 0 spiro atoms. The molecule has 0 unspecified atom stereocenters. The van der Waals surface area contributed by atoms with Gasteiger partial charge in [-0.05, 0) is 25.7 Å². The Hall–Kier alpha value is -0.400. The zero-order valence-electron chi connectivity index (χ0n) is 14.5. The SMILES string of the molecule is CO[C@]12C=C[C@H](C[C@]1(C)C1(C)OCCO1)[C@](CSC)(OC)C2=O. The summed E-state index contributed by atoms with van der Waals surface area (Å²) in [4.78, 5) is 13.6. The van der Waals surface area contributed by atoms with E-state index in [2.05, 4.69) is 6.08 Å². The summed E-state index contributed by atoms with van der Waals surface area (Å²) in [5.74, 6) is -0.275. The minimum absolute atomic E-state index is 0.0147. The Morgan fingerprint density at radius 2 is 1.91 bits per heavy atom. The van der Waals surface area contributed by atoms with Crippen molar-refractivity contribution in [3.05, 3.63) is 12.2 Å². The second-order valence-electron chi connectivity index (χ2n) is 6.94. The molecule has 6 heteroatoms. The number of ketones is 1. The van der Waals surface area contributed by atoms with Crippen LogP contribution in [0.4, 0.5) is 0 Å². The highest BCUT2D eigenvalue weighted by Crippen LogP contribution is 2.62. The largest absolute Gasteiger partial charge is 0.369 e. The topological polar surface area (TPSA) is 54.0 Å². The number of fused-ring (bicyclic) bond motifs is 2. The second-order valence-corrected chi connectivity index (χ2v) is 7.81. The molecule has 1 heterocycles. The van der Waals surface area contributed by atoms with Crippen LogP contribution in [0.3, 0.4) is 0 Å². The molecule has 0 radical (unpaired) electrons. The Morgan fingerprint density at radius 3 is 2.43 bits per heavy atom. The van der Waals surface area contributed by atoms with Crippen molar-refractivity contribution in [1.82, 2.24) is 0 Å². The van der Waals surface area contributed by atoms with Crippen molar-refractivity contribution in [2.24, 2.45) is 11.3 Å². The van der Waals surface area contributed by atoms with Crippen LogP contribution in [-0.2, 0) is 23.7 Å². The standard InChI is InChI=1S/C17H26O5S/c1-14(15(2)21-8-9-22-15)10-12-6-7-17(14,20-4)13(18)16(12,19-3)11-23-5/h6-7,12H,8-11H2,1-5H3/t12-,14-,16+,17+/m1/s1. The van der Waals surface area contributed by atoms with Crippen molar-refractivity contribution < 1.29 is 23.7 Å². The molecule has 0 aromatic rings. The molecule has 4 aliphatic rings. The van der Waals surface area contributed by atoms with Gasteiger partial charge in [0, 0.05) is 25.9 Å². The van der Waals surface area contributed by atoms with Gasteiger partial charge in [-0.3, -0.25) is 4.79 Å². The smallest absolute Gasteiger partial charge is 0.202 e. The lowest BCUT2D eigenvalue weighted by molar-refractivity contribution is -0.290. The summed E-state index contributed by atoms with van der Waals surface area (Å²) in [7, 11) is 3.21. The van der Waals surface area contributed by atoms with E-state index >= 15 is 0 Å². The molecule has 1 aliphatic heterocycles. The van der Waals surface area contributed by atoms with Crippen molar-refractivity contribution in [1.29, 1.82) is 0 Å². The number of hydrogen-bond donors (Lipinski definition) is 0. The first-order valence-corrected chi connectivity index (χ1v) is 9.36. The number of methoxy groups -OCH3 is 2. The molecule has 2 bridgehead atoms. The maximum atomic E-state index is 13.6. The van der Waals surface area contributed by atoms with Crippen LogP contribution < -0.4 is 0 Å². The molecule has 130 valence electrons. The zero-order valence-corrected chi connectivity index (χ0v) is 15.3. The van der Waals surface area contributed by atoms with E-state index in [1.54, 1.807) is 26.0 Å². The lowest BCUT2D eigenvalue weighted by atomic mass is 9.49. The molecule has 3 aliphatic carbocycles. The van der Waals surface area contributed by atoms with Crippen LogP contribution in [0.25, 0.3) is 0 Å².